The Hall–Kier alpha value is -2.51. The van der Waals surface area contributed by atoms with Crippen LogP contribution in [0.25, 0.3) is 22.9 Å². The molecule has 2 aromatic carbocycles. The normalized spacial score (nSPS) is 15.7. The first-order valence-electron chi connectivity index (χ1n) is 9.06. The summed E-state index contributed by atoms with van der Waals surface area (Å²) in [7, 11) is -3.53. The van der Waals surface area contributed by atoms with E-state index in [-0.39, 0.29) is 0 Å². The van der Waals surface area contributed by atoms with Gasteiger partial charge in [0.05, 0.1) is 4.90 Å². The number of aromatic nitrogens is 2. The van der Waals surface area contributed by atoms with Crippen molar-refractivity contribution in [2.45, 2.75) is 31.1 Å². The molecule has 0 saturated carbocycles. The van der Waals surface area contributed by atoms with Gasteiger partial charge in [0, 0.05) is 24.2 Å². The monoisotopic (exact) mass is 383 g/mol. The first-order valence-corrected chi connectivity index (χ1v) is 10.5. The molecule has 6 nitrogen and oxygen atoms in total. The van der Waals surface area contributed by atoms with E-state index in [2.05, 4.69) is 10.2 Å². The number of rotatable bonds is 4. The Morgan fingerprint density at radius 3 is 2.26 bits per heavy atom. The van der Waals surface area contributed by atoms with E-state index < -0.39 is 10.0 Å². The molecule has 0 amide bonds. The van der Waals surface area contributed by atoms with Crippen LogP contribution in [0.5, 0.6) is 0 Å². The fourth-order valence-corrected chi connectivity index (χ4v) is 5.06. The molecule has 1 aromatic heterocycles. The maximum atomic E-state index is 13.1. The molecule has 1 fully saturated rings. The zero-order chi connectivity index (χ0) is 18.9. The van der Waals surface area contributed by atoms with Crippen molar-refractivity contribution < 1.29 is 12.8 Å². The Bertz CT molecular complexity index is 1040. The Balaban J connectivity index is 1.70. The maximum absolute atomic E-state index is 13.1. The van der Waals surface area contributed by atoms with Crippen LogP contribution in [0.15, 0.2) is 57.8 Å². The summed E-state index contributed by atoms with van der Waals surface area (Å²) >= 11 is 0. The molecule has 1 saturated heterocycles. The zero-order valence-corrected chi connectivity index (χ0v) is 15.9. The minimum absolute atomic E-state index is 0.307. The lowest BCUT2D eigenvalue weighted by Gasteiger charge is -2.26. The van der Waals surface area contributed by atoms with Crippen molar-refractivity contribution in [2.24, 2.45) is 0 Å². The molecule has 0 aliphatic carbocycles. The van der Waals surface area contributed by atoms with Gasteiger partial charge in [-0.05, 0) is 49.6 Å². The van der Waals surface area contributed by atoms with Crippen molar-refractivity contribution in [1.82, 2.24) is 14.5 Å². The molecule has 27 heavy (non-hydrogen) atoms. The van der Waals surface area contributed by atoms with Gasteiger partial charge in [-0.15, -0.1) is 10.2 Å². The highest BCUT2D eigenvalue weighted by Crippen LogP contribution is 2.29. The van der Waals surface area contributed by atoms with Gasteiger partial charge in [-0.2, -0.15) is 4.31 Å². The summed E-state index contributed by atoms with van der Waals surface area (Å²) in [4.78, 5) is 0.307. The van der Waals surface area contributed by atoms with Gasteiger partial charge < -0.3 is 4.42 Å². The second-order valence-corrected chi connectivity index (χ2v) is 8.63. The van der Waals surface area contributed by atoms with E-state index in [1.165, 1.54) is 0 Å². The topological polar surface area (TPSA) is 76.3 Å². The number of sulfonamides is 1. The van der Waals surface area contributed by atoms with E-state index in [4.69, 9.17) is 4.42 Å². The van der Waals surface area contributed by atoms with Crippen molar-refractivity contribution >= 4 is 10.0 Å². The molecule has 1 aliphatic heterocycles. The maximum Gasteiger partial charge on any atom is 0.248 e. The van der Waals surface area contributed by atoms with Crippen molar-refractivity contribution in [3.8, 4) is 22.9 Å². The fourth-order valence-electron chi connectivity index (χ4n) is 3.29. The largest absolute Gasteiger partial charge is 0.416 e. The molecule has 1 aliphatic rings. The summed E-state index contributed by atoms with van der Waals surface area (Å²) < 4.78 is 33.5. The van der Waals surface area contributed by atoms with Crippen LogP contribution in [0.4, 0.5) is 0 Å². The first kappa shape index (κ1) is 17.9. The van der Waals surface area contributed by atoms with Gasteiger partial charge in [-0.25, -0.2) is 8.42 Å². The minimum Gasteiger partial charge on any atom is -0.416 e. The quantitative estimate of drug-likeness (QED) is 0.683. The van der Waals surface area contributed by atoms with Crippen molar-refractivity contribution in [1.29, 1.82) is 0 Å². The number of nitrogens with zero attached hydrogens (tertiary/aromatic N) is 3. The Morgan fingerprint density at radius 1 is 0.889 bits per heavy atom. The fraction of sp³-hybridized carbons (Fsp3) is 0.300. The highest BCUT2D eigenvalue weighted by Gasteiger charge is 2.28. The average Bonchev–Trinajstić information content (AvgIpc) is 3.20. The molecule has 3 aromatic rings. The molecule has 0 radical (unpaired) electrons. The van der Waals surface area contributed by atoms with Crippen LogP contribution < -0.4 is 0 Å². The van der Waals surface area contributed by atoms with E-state index in [1.54, 1.807) is 16.4 Å². The van der Waals surface area contributed by atoms with Gasteiger partial charge in [0.2, 0.25) is 21.8 Å². The molecule has 2 heterocycles. The Labute approximate surface area is 158 Å². The van der Waals surface area contributed by atoms with Crippen LogP contribution in [-0.2, 0) is 10.0 Å². The molecule has 4 rings (SSSR count). The third kappa shape index (κ3) is 3.52. The van der Waals surface area contributed by atoms with Crippen LogP contribution in [-0.4, -0.2) is 36.0 Å². The molecule has 0 N–H and O–H groups in total. The first-order chi connectivity index (χ1) is 13.1. The molecule has 0 bridgehead atoms. The minimum atomic E-state index is -3.53. The summed E-state index contributed by atoms with van der Waals surface area (Å²) in [5.41, 5.74) is 2.14. The lowest BCUT2D eigenvalue weighted by molar-refractivity contribution is 0.346. The molecular formula is C20H21N3O3S. The smallest absolute Gasteiger partial charge is 0.248 e. The van der Waals surface area contributed by atoms with Gasteiger partial charge in [0.1, 0.15) is 0 Å². The lowest BCUT2D eigenvalue weighted by atomic mass is 10.1. The zero-order valence-electron chi connectivity index (χ0n) is 15.1. The highest BCUT2D eigenvalue weighted by atomic mass is 32.2. The standard InChI is InChI=1S/C20H21N3O3S/c1-15-10-11-17(14-18(15)27(24,25)23-12-6-3-7-13-23)20-22-21-19(26-20)16-8-4-2-5-9-16/h2,4-5,8-11,14H,3,6-7,12-13H2,1H3. The number of hydrogen-bond acceptors (Lipinski definition) is 5. The van der Waals surface area contributed by atoms with Crippen molar-refractivity contribution in [3.63, 3.8) is 0 Å². The Morgan fingerprint density at radius 2 is 1.56 bits per heavy atom. The second-order valence-electron chi connectivity index (χ2n) is 6.72. The van der Waals surface area contributed by atoms with E-state index in [9.17, 15) is 8.42 Å². The molecular weight excluding hydrogens is 362 g/mol. The van der Waals surface area contributed by atoms with Gasteiger partial charge in [-0.1, -0.05) is 30.7 Å². The van der Waals surface area contributed by atoms with Crippen molar-refractivity contribution in [3.05, 3.63) is 54.1 Å². The molecule has 140 valence electrons. The summed E-state index contributed by atoms with van der Waals surface area (Å²) in [5, 5.41) is 8.19. The van der Waals surface area contributed by atoms with Crippen LogP contribution in [0.1, 0.15) is 24.8 Å². The summed E-state index contributed by atoms with van der Waals surface area (Å²) in [5.74, 6) is 0.718. The van der Waals surface area contributed by atoms with Gasteiger partial charge in [0.25, 0.3) is 0 Å². The van der Waals surface area contributed by atoms with Crippen LogP contribution >= 0.6 is 0 Å². The van der Waals surface area contributed by atoms with Crippen LogP contribution in [0, 0.1) is 6.92 Å². The number of benzene rings is 2. The third-order valence-corrected chi connectivity index (χ3v) is 6.85. The second kappa shape index (κ2) is 7.25. The van der Waals surface area contributed by atoms with Crippen LogP contribution in [0.3, 0.4) is 0 Å². The predicted molar refractivity (Wildman–Crippen MR) is 103 cm³/mol. The molecule has 7 heteroatoms. The SMILES string of the molecule is Cc1ccc(-c2nnc(-c3ccccc3)o2)cc1S(=O)(=O)N1CCCCC1. The van der Waals surface area contributed by atoms with E-state index >= 15 is 0 Å². The van der Waals surface area contributed by atoms with Gasteiger partial charge >= 0.3 is 0 Å². The number of aryl methyl sites for hydroxylation is 1. The predicted octanol–water partition coefficient (Wildman–Crippen LogP) is 3.89. The number of hydrogen-bond donors (Lipinski definition) is 0. The molecule has 0 spiro atoms. The van der Waals surface area contributed by atoms with Crippen LogP contribution in [0.2, 0.25) is 0 Å². The van der Waals surface area contributed by atoms with Gasteiger partial charge in [-0.3, -0.25) is 0 Å². The number of piperidine rings is 1. The third-order valence-electron chi connectivity index (χ3n) is 4.81. The van der Waals surface area contributed by atoms with Crippen molar-refractivity contribution in [2.75, 3.05) is 13.1 Å². The summed E-state index contributed by atoms with van der Waals surface area (Å²) in [6.45, 7) is 2.96. The summed E-state index contributed by atoms with van der Waals surface area (Å²) in [6, 6.07) is 14.7. The lowest BCUT2D eigenvalue weighted by Crippen LogP contribution is -2.35. The molecule has 0 atom stereocenters. The summed E-state index contributed by atoms with van der Waals surface area (Å²) in [6.07, 6.45) is 2.89. The molecule has 0 unspecified atom stereocenters. The van der Waals surface area contributed by atoms with E-state index in [0.717, 1.165) is 24.8 Å². The highest BCUT2D eigenvalue weighted by molar-refractivity contribution is 7.89. The van der Waals surface area contributed by atoms with Gasteiger partial charge in [0.15, 0.2) is 0 Å². The average molecular weight is 383 g/mol. The Kier molecular flexibility index (Phi) is 4.80. The van der Waals surface area contributed by atoms with E-state index in [1.807, 2.05) is 43.3 Å². The van der Waals surface area contributed by atoms with E-state index in [0.29, 0.717) is 40.9 Å².